The Kier molecular flexibility index (Phi) is 3.61. The predicted octanol–water partition coefficient (Wildman–Crippen LogP) is 1.15. The van der Waals surface area contributed by atoms with Crippen molar-refractivity contribution in [1.82, 2.24) is 5.32 Å². The van der Waals surface area contributed by atoms with Crippen molar-refractivity contribution >= 4 is 27.1 Å². The molecule has 0 aliphatic carbocycles. The van der Waals surface area contributed by atoms with E-state index in [1.807, 2.05) is 6.07 Å². The normalized spacial score (nSPS) is 17.2. The number of halogens is 1. The average molecular weight is 275 g/mol. The molecule has 0 spiro atoms. The van der Waals surface area contributed by atoms with Crippen molar-refractivity contribution in [3.63, 3.8) is 0 Å². The number of piperazine rings is 1. The van der Waals surface area contributed by atoms with Crippen LogP contribution in [0.15, 0.2) is 23.1 Å². The monoisotopic (exact) mass is 274 g/mol. The van der Waals surface area contributed by atoms with Gasteiger partial charge in [0.2, 0.25) is 0 Å². The minimum Gasteiger partial charge on any atom is -0.369 e. The highest BCUT2D eigenvalue weighted by Gasteiger charge is 2.16. The second-order valence-corrected chi connectivity index (χ2v) is 6.52. The fourth-order valence-electron chi connectivity index (χ4n) is 1.90. The zero-order valence-electron chi connectivity index (χ0n) is 9.61. The van der Waals surface area contributed by atoms with Gasteiger partial charge in [0, 0.05) is 38.1 Å². The van der Waals surface area contributed by atoms with Gasteiger partial charge in [0.1, 0.15) is 0 Å². The van der Waals surface area contributed by atoms with E-state index in [0.717, 1.165) is 31.9 Å². The Morgan fingerprint density at radius 1 is 1.29 bits per heavy atom. The highest BCUT2D eigenvalue weighted by Crippen LogP contribution is 2.27. The van der Waals surface area contributed by atoms with Gasteiger partial charge in [-0.05, 0) is 18.2 Å². The molecule has 1 aliphatic rings. The largest absolute Gasteiger partial charge is 0.369 e. The van der Waals surface area contributed by atoms with E-state index in [4.69, 9.17) is 11.6 Å². The highest BCUT2D eigenvalue weighted by atomic mass is 35.5. The fourth-order valence-corrected chi connectivity index (χ4v) is 3.19. The van der Waals surface area contributed by atoms with E-state index in [1.54, 1.807) is 12.1 Å². The molecule has 17 heavy (non-hydrogen) atoms. The summed E-state index contributed by atoms with van der Waals surface area (Å²) in [6.45, 7) is 3.59. The molecule has 0 saturated carbocycles. The van der Waals surface area contributed by atoms with Gasteiger partial charge in [-0.25, -0.2) is 8.42 Å². The number of sulfone groups is 1. The van der Waals surface area contributed by atoms with Crippen molar-refractivity contribution in [2.45, 2.75) is 4.90 Å². The van der Waals surface area contributed by atoms with Crippen molar-refractivity contribution in [2.75, 3.05) is 37.3 Å². The molecule has 1 heterocycles. The molecule has 0 amide bonds. The molecule has 0 radical (unpaired) electrons. The smallest absolute Gasteiger partial charge is 0.177 e. The van der Waals surface area contributed by atoms with Crippen LogP contribution >= 0.6 is 11.6 Å². The third-order valence-corrected chi connectivity index (χ3v) is 4.37. The lowest BCUT2D eigenvalue weighted by Gasteiger charge is -2.29. The van der Waals surface area contributed by atoms with Crippen LogP contribution in [0.25, 0.3) is 0 Å². The van der Waals surface area contributed by atoms with Crippen LogP contribution in [0.1, 0.15) is 0 Å². The molecule has 1 aromatic rings. The lowest BCUT2D eigenvalue weighted by atomic mass is 10.2. The molecular weight excluding hydrogens is 260 g/mol. The average Bonchev–Trinajstić information content (AvgIpc) is 2.29. The number of benzene rings is 1. The van der Waals surface area contributed by atoms with Crippen LogP contribution in [0.3, 0.4) is 0 Å². The molecule has 6 heteroatoms. The minimum atomic E-state index is -3.27. The molecule has 1 saturated heterocycles. The second-order valence-electron chi connectivity index (χ2n) is 4.12. The Labute approximate surface area is 106 Å². The van der Waals surface area contributed by atoms with E-state index >= 15 is 0 Å². The summed E-state index contributed by atoms with van der Waals surface area (Å²) < 4.78 is 23.1. The van der Waals surface area contributed by atoms with Gasteiger partial charge < -0.3 is 10.2 Å². The number of anilines is 1. The molecule has 1 aliphatic heterocycles. The van der Waals surface area contributed by atoms with Gasteiger partial charge in [0.15, 0.2) is 9.84 Å². The Morgan fingerprint density at radius 2 is 1.94 bits per heavy atom. The summed E-state index contributed by atoms with van der Waals surface area (Å²) in [5, 5.41) is 3.54. The molecule has 94 valence electrons. The van der Waals surface area contributed by atoms with Crippen LogP contribution in [0.5, 0.6) is 0 Å². The van der Waals surface area contributed by atoms with Gasteiger partial charge in [-0.1, -0.05) is 11.6 Å². The maximum Gasteiger partial charge on any atom is 0.177 e. The molecule has 1 aromatic carbocycles. The Balaban J connectivity index is 2.37. The first kappa shape index (κ1) is 12.7. The quantitative estimate of drug-likeness (QED) is 0.879. The van der Waals surface area contributed by atoms with Crippen LogP contribution in [0.4, 0.5) is 5.69 Å². The van der Waals surface area contributed by atoms with E-state index in [1.165, 1.54) is 6.26 Å². The van der Waals surface area contributed by atoms with Crippen molar-refractivity contribution in [1.29, 1.82) is 0 Å². The number of hydrogen-bond acceptors (Lipinski definition) is 4. The molecule has 2 rings (SSSR count). The summed E-state index contributed by atoms with van der Waals surface area (Å²) in [4.78, 5) is 2.36. The molecule has 0 unspecified atom stereocenters. The van der Waals surface area contributed by atoms with Crippen LogP contribution in [-0.4, -0.2) is 40.9 Å². The summed E-state index contributed by atoms with van der Waals surface area (Å²) in [6, 6.07) is 5.17. The van der Waals surface area contributed by atoms with Crippen molar-refractivity contribution in [3.8, 4) is 0 Å². The maximum atomic E-state index is 11.6. The van der Waals surface area contributed by atoms with Crippen molar-refractivity contribution < 1.29 is 8.42 Å². The number of nitrogens with one attached hydrogen (secondary N) is 1. The van der Waals surface area contributed by atoms with Gasteiger partial charge in [-0.3, -0.25) is 0 Å². The third-order valence-electron chi connectivity index (χ3n) is 2.80. The molecule has 0 atom stereocenters. The number of hydrogen-bond donors (Lipinski definition) is 1. The lowest BCUT2D eigenvalue weighted by molar-refractivity contribution is 0.588. The van der Waals surface area contributed by atoms with Gasteiger partial charge in [0.25, 0.3) is 0 Å². The van der Waals surface area contributed by atoms with Gasteiger partial charge in [-0.15, -0.1) is 0 Å². The summed E-state index contributed by atoms with van der Waals surface area (Å²) >= 11 is 5.91. The third kappa shape index (κ3) is 2.91. The highest BCUT2D eigenvalue weighted by molar-refractivity contribution is 7.90. The molecule has 0 aromatic heterocycles. The summed E-state index contributed by atoms with van der Waals surface area (Å²) in [6.07, 6.45) is 1.18. The summed E-state index contributed by atoms with van der Waals surface area (Å²) in [5.41, 5.74) is 0.913. The fraction of sp³-hybridized carbons (Fsp3) is 0.455. The first-order chi connectivity index (χ1) is 7.98. The van der Waals surface area contributed by atoms with Gasteiger partial charge in [0.05, 0.1) is 9.92 Å². The SMILES string of the molecule is CS(=O)(=O)c1cc(N2CCNCC2)ccc1Cl. The number of nitrogens with zero attached hydrogens (tertiary/aromatic N) is 1. The second kappa shape index (κ2) is 4.84. The van der Waals surface area contributed by atoms with Crippen molar-refractivity contribution in [3.05, 3.63) is 23.2 Å². The van der Waals surface area contributed by atoms with Gasteiger partial charge in [-0.2, -0.15) is 0 Å². The first-order valence-electron chi connectivity index (χ1n) is 5.44. The first-order valence-corrected chi connectivity index (χ1v) is 7.71. The topological polar surface area (TPSA) is 49.4 Å². The molecule has 1 fully saturated rings. The lowest BCUT2D eigenvalue weighted by Crippen LogP contribution is -2.43. The zero-order valence-corrected chi connectivity index (χ0v) is 11.2. The van der Waals surface area contributed by atoms with Crippen molar-refractivity contribution in [2.24, 2.45) is 0 Å². The Morgan fingerprint density at radius 3 is 2.53 bits per heavy atom. The van der Waals surface area contributed by atoms with Crippen LogP contribution in [0.2, 0.25) is 5.02 Å². The summed E-state index contributed by atoms with van der Waals surface area (Å²) in [7, 11) is -3.27. The molecule has 4 nitrogen and oxygen atoms in total. The minimum absolute atomic E-state index is 0.204. The maximum absolute atomic E-state index is 11.6. The van der Waals surface area contributed by atoms with E-state index in [2.05, 4.69) is 10.2 Å². The Bertz CT molecular complexity index is 510. The van der Waals surface area contributed by atoms with Crippen LogP contribution in [-0.2, 0) is 9.84 Å². The van der Waals surface area contributed by atoms with Gasteiger partial charge >= 0.3 is 0 Å². The van der Waals surface area contributed by atoms with E-state index in [9.17, 15) is 8.42 Å². The molecular formula is C11H15ClN2O2S. The van der Waals surface area contributed by atoms with Crippen LogP contribution in [0, 0.1) is 0 Å². The van der Waals surface area contributed by atoms with E-state index in [0.29, 0.717) is 0 Å². The van der Waals surface area contributed by atoms with E-state index < -0.39 is 9.84 Å². The standard InChI is InChI=1S/C11H15ClN2O2S/c1-17(15,16)11-8-9(2-3-10(11)12)14-6-4-13-5-7-14/h2-3,8,13H,4-7H2,1H3. The van der Waals surface area contributed by atoms with Crippen LogP contribution < -0.4 is 10.2 Å². The molecule has 1 N–H and O–H groups in total. The zero-order chi connectivity index (χ0) is 12.5. The predicted molar refractivity (Wildman–Crippen MR) is 69.6 cm³/mol. The molecule has 0 bridgehead atoms. The number of rotatable bonds is 2. The Hall–Kier alpha value is -0.780. The van der Waals surface area contributed by atoms with E-state index in [-0.39, 0.29) is 9.92 Å². The summed E-state index contributed by atoms with van der Waals surface area (Å²) in [5.74, 6) is 0.